The summed E-state index contributed by atoms with van der Waals surface area (Å²) in [5, 5.41) is 11.9. The molecule has 2 aromatic rings. The molecule has 0 atom stereocenters. The van der Waals surface area contributed by atoms with Gasteiger partial charge < -0.3 is 5.32 Å². The minimum absolute atomic E-state index is 0.531. The number of anilines is 1. The molecule has 0 aliphatic carbocycles. The molecule has 0 saturated heterocycles. The quantitative estimate of drug-likeness (QED) is 0.943. The third-order valence-corrected chi connectivity index (χ3v) is 2.76. The molecule has 0 spiro atoms. The number of hydrogen-bond acceptors (Lipinski definition) is 4. The van der Waals surface area contributed by atoms with Gasteiger partial charge in [-0.2, -0.15) is 5.26 Å². The second kappa shape index (κ2) is 5.41. The summed E-state index contributed by atoms with van der Waals surface area (Å²) in [6.07, 6.45) is 5.07. The highest BCUT2D eigenvalue weighted by Gasteiger charge is 2.02. The van der Waals surface area contributed by atoms with E-state index in [0.29, 0.717) is 17.9 Å². The van der Waals surface area contributed by atoms with Gasteiger partial charge in [0.2, 0.25) is 0 Å². The van der Waals surface area contributed by atoms with Crippen LogP contribution in [0.3, 0.4) is 0 Å². The minimum Gasteiger partial charge on any atom is -0.365 e. The van der Waals surface area contributed by atoms with E-state index in [1.54, 1.807) is 18.5 Å². The number of aromatic nitrogens is 2. The molecule has 84 valence electrons. The Balaban J connectivity index is 2.08. The molecule has 0 aliphatic heterocycles. The van der Waals surface area contributed by atoms with Crippen LogP contribution in [0.2, 0.25) is 0 Å². The fraction of sp³-hybridized carbons (Fsp3) is 0.0833. The molecule has 1 N–H and O–H groups in total. The molecule has 0 aliphatic rings. The zero-order valence-corrected chi connectivity index (χ0v) is 10.5. The number of hydrogen-bond donors (Lipinski definition) is 1. The van der Waals surface area contributed by atoms with Crippen molar-refractivity contribution < 1.29 is 0 Å². The number of nitrogens with one attached hydrogen (secondary N) is 1. The molecule has 5 heteroatoms. The normalized spacial score (nSPS) is 9.65. The summed E-state index contributed by atoms with van der Waals surface area (Å²) in [5.41, 5.74) is 1.61. The Kier molecular flexibility index (Phi) is 3.68. The second-order valence-electron chi connectivity index (χ2n) is 3.38. The summed E-state index contributed by atoms with van der Waals surface area (Å²) < 4.78 is 0.778. The van der Waals surface area contributed by atoms with Crippen LogP contribution in [0.1, 0.15) is 11.1 Å². The highest BCUT2D eigenvalue weighted by molar-refractivity contribution is 9.10. The predicted molar refractivity (Wildman–Crippen MR) is 68.2 cm³/mol. The van der Waals surface area contributed by atoms with Crippen molar-refractivity contribution in [2.75, 3.05) is 5.32 Å². The molecular weight excluding hydrogens is 280 g/mol. The fourth-order valence-electron chi connectivity index (χ4n) is 1.32. The third-order valence-electron chi connectivity index (χ3n) is 2.15. The number of nitrogens with zero attached hydrogens (tertiary/aromatic N) is 3. The fourth-order valence-corrected chi connectivity index (χ4v) is 1.81. The highest BCUT2D eigenvalue weighted by atomic mass is 79.9. The Morgan fingerprint density at radius 1 is 1.41 bits per heavy atom. The van der Waals surface area contributed by atoms with Gasteiger partial charge in [0.05, 0.1) is 10.0 Å². The zero-order valence-electron chi connectivity index (χ0n) is 8.89. The monoisotopic (exact) mass is 288 g/mol. The van der Waals surface area contributed by atoms with E-state index in [2.05, 4.69) is 31.2 Å². The molecule has 0 radical (unpaired) electrons. The van der Waals surface area contributed by atoms with Gasteiger partial charge in [-0.15, -0.1) is 0 Å². The van der Waals surface area contributed by atoms with E-state index in [1.165, 1.54) is 6.20 Å². The zero-order chi connectivity index (χ0) is 12.1. The molecule has 0 bridgehead atoms. The van der Waals surface area contributed by atoms with Crippen LogP contribution >= 0.6 is 15.9 Å². The lowest BCUT2D eigenvalue weighted by molar-refractivity contribution is 1.08. The van der Waals surface area contributed by atoms with Gasteiger partial charge in [-0.05, 0) is 33.6 Å². The molecule has 4 nitrogen and oxygen atoms in total. The first-order chi connectivity index (χ1) is 8.29. The highest BCUT2D eigenvalue weighted by Crippen LogP contribution is 2.20. The lowest BCUT2D eigenvalue weighted by atomic mass is 10.3. The largest absolute Gasteiger partial charge is 0.365 e. The van der Waals surface area contributed by atoms with Crippen molar-refractivity contribution in [3.63, 3.8) is 0 Å². The van der Waals surface area contributed by atoms with Crippen molar-refractivity contribution in [3.8, 4) is 6.07 Å². The summed E-state index contributed by atoms with van der Waals surface area (Å²) in [7, 11) is 0. The van der Waals surface area contributed by atoms with Gasteiger partial charge in [-0.1, -0.05) is 6.07 Å². The molecule has 0 saturated carbocycles. The average molecular weight is 289 g/mol. The van der Waals surface area contributed by atoms with Crippen LogP contribution < -0.4 is 5.32 Å². The van der Waals surface area contributed by atoms with Crippen LogP contribution in [0.25, 0.3) is 0 Å². The van der Waals surface area contributed by atoms with Crippen molar-refractivity contribution in [2.24, 2.45) is 0 Å². The van der Waals surface area contributed by atoms with Gasteiger partial charge in [-0.3, -0.25) is 4.98 Å². The van der Waals surface area contributed by atoms with Crippen LogP contribution in [0.4, 0.5) is 5.82 Å². The third kappa shape index (κ3) is 3.02. The van der Waals surface area contributed by atoms with E-state index < -0.39 is 0 Å². The van der Waals surface area contributed by atoms with Crippen LogP contribution in [-0.2, 0) is 6.54 Å². The Hall–Kier alpha value is -1.93. The van der Waals surface area contributed by atoms with Crippen LogP contribution in [-0.4, -0.2) is 9.97 Å². The number of halogens is 1. The van der Waals surface area contributed by atoms with Crippen molar-refractivity contribution in [1.29, 1.82) is 5.26 Å². The van der Waals surface area contributed by atoms with E-state index in [4.69, 9.17) is 5.26 Å². The van der Waals surface area contributed by atoms with Crippen molar-refractivity contribution in [1.82, 2.24) is 9.97 Å². The summed E-state index contributed by atoms with van der Waals surface area (Å²) in [6, 6.07) is 7.64. The van der Waals surface area contributed by atoms with Gasteiger partial charge in [0.25, 0.3) is 0 Å². The SMILES string of the molecule is N#Cc1cnc(NCc2cccnc2)c(Br)c1. The first-order valence-electron chi connectivity index (χ1n) is 4.98. The molecule has 0 unspecified atom stereocenters. The average Bonchev–Trinajstić information content (AvgIpc) is 2.38. The Bertz CT molecular complexity index is 548. The van der Waals surface area contributed by atoms with E-state index in [1.807, 2.05) is 18.2 Å². The maximum Gasteiger partial charge on any atom is 0.140 e. The van der Waals surface area contributed by atoms with Crippen LogP contribution in [0.15, 0.2) is 41.3 Å². The molecule has 0 amide bonds. The maximum absolute atomic E-state index is 8.72. The molecule has 2 aromatic heterocycles. The molecule has 2 rings (SSSR count). The summed E-state index contributed by atoms with van der Waals surface area (Å²) in [5.74, 6) is 0.716. The smallest absolute Gasteiger partial charge is 0.140 e. The lowest BCUT2D eigenvalue weighted by Gasteiger charge is -2.07. The van der Waals surface area contributed by atoms with Gasteiger partial charge in [0, 0.05) is 25.1 Å². The van der Waals surface area contributed by atoms with Crippen molar-refractivity contribution in [3.05, 3.63) is 52.4 Å². The maximum atomic E-state index is 8.72. The Morgan fingerprint density at radius 3 is 2.94 bits per heavy atom. The van der Waals surface area contributed by atoms with Crippen molar-refractivity contribution >= 4 is 21.7 Å². The minimum atomic E-state index is 0.531. The Labute approximate surface area is 107 Å². The van der Waals surface area contributed by atoms with Gasteiger partial charge in [-0.25, -0.2) is 4.98 Å². The molecular formula is C12H9BrN4. The topological polar surface area (TPSA) is 61.6 Å². The molecule has 2 heterocycles. The molecule has 0 fully saturated rings. The standard InChI is InChI=1S/C12H9BrN4/c13-11-4-10(5-14)8-17-12(11)16-7-9-2-1-3-15-6-9/h1-4,6,8H,7H2,(H,16,17). The summed E-state index contributed by atoms with van der Waals surface area (Å²) in [6.45, 7) is 0.644. The van der Waals surface area contributed by atoms with E-state index in [-0.39, 0.29) is 0 Å². The molecule has 17 heavy (non-hydrogen) atoms. The molecule has 0 aromatic carbocycles. The van der Waals surface area contributed by atoms with E-state index in [0.717, 1.165) is 10.0 Å². The first-order valence-corrected chi connectivity index (χ1v) is 5.77. The number of nitriles is 1. The summed E-state index contributed by atoms with van der Waals surface area (Å²) >= 11 is 3.37. The van der Waals surface area contributed by atoms with E-state index >= 15 is 0 Å². The Morgan fingerprint density at radius 2 is 2.29 bits per heavy atom. The predicted octanol–water partition coefficient (Wildman–Crippen LogP) is 2.72. The van der Waals surface area contributed by atoms with Gasteiger partial charge in [0.15, 0.2) is 0 Å². The lowest BCUT2D eigenvalue weighted by Crippen LogP contribution is -2.02. The van der Waals surface area contributed by atoms with Crippen molar-refractivity contribution in [2.45, 2.75) is 6.54 Å². The van der Waals surface area contributed by atoms with E-state index in [9.17, 15) is 0 Å². The summed E-state index contributed by atoms with van der Waals surface area (Å²) in [4.78, 5) is 8.19. The van der Waals surface area contributed by atoms with Gasteiger partial charge in [0.1, 0.15) is 11.9 Å². The van der Waals surface area contributed by atoms with Gasteiger partial charge >= 0.3 is 0 Å². The first kappa shape index (κ1) is 11.6. The second-order valence-corrected chi connectivity index (χ2v) is 4.24. The van der Waals surface area contributed by atoms with Crippen LogP contribution in [0.5, 0.6) is 0 Å². The van der Waals surface area contributed by atoms with Crippen LogP contribution in [0, 0.1) is 11.3 Å². The number of rotatable bonds is 3. The number of pyridine rings is 2.